The van der Waals surface area contributed by atoms with E-state index in [-0.39, 0.29) is 5.54 Å². The predicted molar refractivity (Wildman–Crippen MR) is 79.3 cm³/mol. The summed E-state index contributed by atoms with van der Waals surface area (Å²) in [6.07, 6.45) is 6.23. The van der Waals surface area contributed by atoms with Crippen molar-refractivity contribution in [3.63, 3.8) is 0 Å². The molecule has 0 spiro atoms. The fraction of sp³-hybridized carbons (Fsp3) is 1.00. The first-order chi connectivity index (χ1) is 9.16. The van der Waals surface area contributed by atoms with Gasteiger partial charge in [0, 0.05) is 25.2 Å². The molecule has 0 aliphatic carbocycles. The van der Waals surface area contributed by atoms with Crippen LogP contribution in [-0.2, 0) is 4.74 Å². The first-order valence-electron chi connectivity index (χ1n) is 7.84. The molecule has 0 bridgehead atoms. The van der Waals surface area contributed by atoms with Crippen LogP contribution in [0.4, 0.5) is 0 Å². The minimum Gasteiger partial charge on any atom is -0.381 e. The third-order valence-corrected chi connectivity index (χ3v) is 5.12. The minimum absolute atomic E-state index is 0.211. The van der Waals surface area contributed by atoms with Crippen LogP contribution in [0.15, 0.2) is 0 Å². The highest BCUT2D eigenvalue weighted by Gasteiger charge is 2.35. The highest BCUT2D eigenvalue weighted by Crippen LogP contribution is 2.28. The van der Waals surface area contributed by atoms with E-state index in [1.807, 2.05) is 0 Å². The number of likely N-dealkylation sites (N-methyl/N-ethyl adjacent to an activating group) is 1. The summed E-state index contributed by atoms with van der Waals surface area (Å²) in [6, 6.07) is 0. The molecule has 4 nitrogen and oxygen atoms in total. The van der Waals surface area contributed by atoms with E-state index in [0.29, 0.717) is 5.92 Å². The van der Waals surface area contributed by atoms with Gasteiger partial charge in [0.05, 0.1) is 6.61 Å². The van der Waals surface area contributed by atoms with Gasteiger partial charge in [0.15, 0.2) is 0 Å². The van der Waals surface area contributed by atoms with E-state index < -0.39 is 0 Å². The van der Waals surface area contributed by atoms with Crippen molar-refractivity contribution in [3.05, 3.63) is 0 Å². The number of nitrogens with two attached hydrogens (primary N) is 1. The molecule has 2 aliphatic rings. The number of hydrogen-bond donors (Lipinski definition) is 1. The minimum atomic E-state index is 0.211. The fourth-order valence-corrected chi connectivity index (χ4v) is 3.59. The van der Waals surface area contributed by atoms with Gasteiger partial charge in [-0.25, -0.2) is 0 Å². The Morgan fingerprint density at radius 3 is 2.84 bits per heavy atom. The topological polar surface area (TPSA) is 41.7 Å². The van der Waals surface area contributed by atoms with Gasteiger partial charge in [-0.2, -0.15) is 0 Å². The highest BCUT2D eigenvalue weighted by atomic mass is 16.5. The van der Waals surface area contributed by atoms with E-state index in [0.717, 1.165) is 26.3 Å². The number of ether oxygens (including phenoxy) is 1. The van der Waals surface area contributed by atoms with Crippen LogP contribution in [-0.4, -0.2) is 68.8 Å². The maximum absolute atomic E-state index is 6.17. The van der Waals surface area contributed by atoms with Crippen LogP contribution in [0.2, 0.25) is 0 Å². The van der Waals surface area contributed by atoms with Gasteiger partial charge in [0.2, 0.25) is 0 Å². The van der Waals surface area contributed by atoms with Gasteiger partial charge in [-0.05, 0) is 65.2 Å². The Bertz CT molecular complexity index is 268. The fourth-order valence-electron chi connectivity index (χ4n) is 3.59. The summed E-state index contributed by atoms with van der Waals surface area (Å²) in [4.78, 5) is 4.99. The van der Waals surface area contributed by atoms with Crippen LogP contribution in [0.1, 0.15) is 32.1 Å². The van der Waals surface area contributed by atoms with Gasteiger partial charge in [0.25, 0.3) is 0 Å². The van der Waals surface area contributed by atoms with Crippen molar-refractivity contribution < 1.29 is 4.74 Å². The first-order valence-corrected chi connectivity index (χ1v) is 7.84. The van der Waals surface area contributed by atoms with Gasteiger partial charge >= 0.3 is 0 Å². The normalized spacial score (nSPS) is 34.4. The van der Waals surface area contributed by atoms with Crippen LogP contribution >= 0.6 is 0 Å². The molecule has 2 saturated heterocycles. The zero-order valence-electron chi connectivity index (χ0n) is 12.7. The van der Waals surface area contributed by atoms with Gasteiger partial charge in [-0.1, -0.05) is 0 Å². The monoisotopic (exact) mass is 269 g/mol. The lowest BCUT2D eigenvalue weighted by atomic mass is 9.87. The molecule has 0 aromatic heterocycles. The van der Waals surface area contributed by atoms with Crippen LogP contribution in [0.25, 0.3) is 0 Å². The molecule has 0 saturated carbocycles. The average Bonchev–Trinajstić information content (AvgIpc) is 2.62. The standard InChI is InChI=1S/C15H31N3O/c1-17-8-4-6-15(13-16,7-9-17)18(2)11-14-5-3-10-19-12-14/h14H,3-13,16H2,1-2H3. The Labute approximate surface area is 118 Å². The van der Waals surface area contributed by atoms with Gasteiger partial charge in [-0.3, -0.25) is 4.90 Å². The Hall–Kier alpha value is -0.160. The third kappa shape index (κ3) is 3.91. The van der Waals surface area contributed by atoms with E-state index >= 15 is 0 Å². The largest absolute Gasteiger partial charge is 0.381 e. The van der Waals surface area contributed by atoms with E-state index in [1.165, 1.54) is 45.2 Å². The molecule has 112 valence electrons. The molecule has 4 heteroatoms. The van der Waals surface area contributed by atoms with Crippen LogP contribution in [0.5, 0.6) is 0 Å². The Balaban J connectivity index is 1.94. The Morgan fingerprint density at radius 2 is 2.16 bits per heavy atom. The lowest BCUT2D eigenvalue weighted by Gasteiger charge is -2.43. The molecular weight excluding hydrogens is 238 g/mol. The molecule has 2 fully saturated rings. The predicted octanol–water partition coefficient (Wildman–Crippen LogP) is 1.16. The molecule has 0 aromatic rings. The highest BCUT2D eigenvalue weighted by molar-refractivity contribution is 4.93. The summed E-state index contributed by atoms with van der Waals surface area (Å²) >= 11 is 0. The maximum atomic E-state index is 6.17. The molecule has 19 heavy (non-hydrogen) atoms. The quantitative estimate of drug-likeness (QED) is 0.831. The average molecular weight is 269 g/mol. The number of nitrogens with zero attached hydrogens (tertiary/aromatic N) is 2. The summed E-state index contributed by atoms with van der Waals surface area (Å²) in [6.45, 7) is 6.19. The van der Waals surface area contributed by atoms with Crippen LogP contribution < -0.4 is 5.73 Å². The van der Waals surface area contributed by atoms with Crippen molar-refractivity contribution >= 4 is 0 Å². The molecule has 2 N–H and O–H groups in total. The SMILES string of the molecule is CN1CCCC(CN)(N(C)CC2CCCOC2)CC1. The molecule has 2 atom stereocenters. The number of rotatable bonds is 4. The van der Waals surface area contributed by atoms with Gasteiger partial charge < -0.3 is 15.4 Å². The summed E-state index contributed by atoms with van der Waals surface area (Å²) in [5, 5.41) is 0. The summed E-state index contributed by atoms with van der Waals surface area (Å²) < 4.78 is 5.61. The lowest BCUT2D eigenvalue weighted by Crippen LogP contribution is -2.54. The van der Waals surface area contributed by atoms with E-state index in [4.69, 9.17) is 10.5 Å². The smallest absolute Gasteiger partial charge is 0.0506 e. The van der Waals surface area contributed by atoms with E-state index in [9.17, 15) is 0 Å². The van der Waals surface area contributed by atoms with Crippen LogP contribution in [0.3, 0.4) is 0 Å². The molecule has 2 aliphatic heterocycles. The van der Waals surface area contributed by atoms with Gasteiger partial charge in [0.1, 0.15) is 0 Å². The second-order valence-corrected chi connectivity index (χ2v) is 6.55. The van der Waals surface area contributed by atoms with Crippen LogP contribution in [0, 0.1) is 5.92 Å². The van der Waals surface area contributed by atoms with Crippen molar-refractivity contribution in [1.82, 2.24) is 9.80 Å². The Kier molecular flexibility index (Phi) is 5.63. The van der Waals surface area contributed by atoms with Crippen molar-refractivity contribution in [2.24, 2.45) is 11.7 Å². The van der Waals surface area contributed by atoms with Crippen molar-refractivity contribution in [2.75, 3.05) is 53.5 Å². The first kappa shape index (κ1) is 15.2. The third-order valence-electron chi connectivity index (χ3n) is 5.12. The summed E-state index contributed by atoms with van der Waals surface area (Å²) in [5.41, 5.74) is 6.38. The molecule has 0 amide bonds. The molecule has 0 aromatic carbocycles. The molecule has 2 rings (SSSR count). The van der Waals surface area contributed by atoms with Crippen molar-refractivity contribution in [2.45, 2.75) is 37.6 Å². The maximum Gasteiger partial charge on any atom is 0.0506 e. The molecular formula is C15H31N3O. The zero-order valence-corrected chi connectivity index (χ0v) is 12.7. The molecule has 2 unspecified atom stereocenters. The van der Waals surface area contributed by atoms with Crippen molar-refractivity contribution in [1.29, 1.82) is 0 Å². The summed E-state index contributed by atoms with van der Waals surface area (Å²) in [7, 11) is 4.49. The van der Waals surface area contributed by atoms with Gasteiger partial charge in [-0.15, -0.1) is 0 Å². The number of hydrogen-bond acceptors (Lipinski definition) is 4. The van der Waals surface area contributed by atoms with E-state index in [2.05, 4.69) is 23.9 Å². The summed E-state index contributed by atoms with van der Waals surface area (Å²) in [5.74, 6) is 0.697. The second-order valence-electron chi connectivity index (χ2n) is 6.55. The second kappa shape index (κ2) is 7.02. The molecule has 0 radical (unpaired) electrons. The number of likely N-dealkylation sites (tertiary alicyclic amines) is 1. The molecule has 2 heterocycles. The zero-order chi connectivity index (χ0) is 13.7. The Morgan fingerprint density at radius 1 is 1.32 bits per heavy atom. The van der Waals surface area contributed by atoms with E-state index in [1.54, 1.807) is 0 Å². The van der Waals surface area contributed by atoms with Crippen molar-refractivity contribution in [3.8, 4) is 0 Å². The lowest BCUT2D eigenvalue weighted by molar-refractivity contribution is 0.0167.